The summed E-state index contributed by atoms with van der Waals surface area (Å²) in [4.78, 5) is 36.9. The number of anilines is 2. The molecule has 0 unspecified atom stereocenters. The molecule has 1 aromatic heterocycles. The van der Waals surface area contributed by atoms with Crippen molar-refractivity contribution < 1.29 is 9.59 Å². The second-order valence-electron chi connectivity index (χ2n) is 6.64. The Bertz CT molecular complexity index is 1190. The van der Waals surface area contributed by atoms with Gasteiger partial charge in [-0.2, -0.15) is 5.10 Å². The lowest BCUT2D eigenvalue weighted by atomic mass is 10.1. The van der Waals surface area contributed by atoms with Crippen molar-refractivity contribution in [1.82, 2.24) is 9.78 Å². The number of aryl methyl sites for hydroxylation is 2. The number of halogens is 2. The lowest BCUT2D eigenvalue weighted by molar-refractivity contribution is -0.117. The summed E-state index contributed by atoms with van der Waals surface area (Å²) in [5.74, 6) is -0.994. The Kier molecular flexibility index (Phi) is 6.54. The predicted octanol–water partition coefficient (Wildman–Crippen LogP) is 4.06. The molecule has 0 atom stereocenters. The summed E-state index contributed by atoms with van der Waals surface area (Å²) in [5, 5.41) is 9.99. The molecule has 0 aliphatic carbocycles. The molecule has 154 valence electrons. The first kappa shape index (κ1) is 21.5. The second kappa shape index (κ2) is 9.11. The zero-order valence-corrected chi connectivity index (χ0v) is 17.7. The van der Waals surface area contributed by atoms with Crippen molar-refractivity contribution in [2.45, 2.75) is 20.4 Å². The normalized spacial score (nSPS) is 10.5. The molecule has 2 amide bonds. The fourth-order valence-corrected chi connectivity index (χ4v) is 2.91. The zero-order valence-electron chi connectivity index (χ0n) is 16.2. The van der Waals surface area contributed by atoms with Crippen LogP contribution in [0.15, 0.2) is 53.3 Å². The predicted molar refractivity (Wildman–Crippen MR) is 117 cm³/mol. The Hall–Kier alpha value is -3.16. The van der Waals surface area contributed by atoms with Gasteiger partial charge in [-0.3, -0.25) is 14.4 Å². The van der Waals surface area contributed by atoms with Gasteiger partial charge in [0.25, 0.3) is 11.5 Å². The molecule has 0 saturated carbocycles. The van der Waals surface area contributed by atoms with E-state index in [1.165, 1.54) is 18.2 Å². The van der Waals surface area contributed by atoms with Gasteiger partial charge >= 0.3 is 0 Å². The fraction of sp³-hybridized carbons (Fsp3) is 0.143. The highest BCUT2D eigenvalue weighted by atomic mass is 35.5. The van der Waals surface area contributed by atoms with Gasteiger partial charge in [-0.15, -0.1) is 0 Å². The van der Waals surface area contributed by atoms with E-state index in [0.717, 1.165) is 15.8 Å². The summed E-state index contributed by atoms with van der Waals surface area (Å²) in [7, 11) is 0. The maximum atomic E-state index is 12.5. The fourth-order valence-electron chi connectivity index (χ4n) is 2.61. The van der Waals surface area contributed by atoms with Gasteiger partial charge in [0.2, 0.25) is 5.91 Å². The molecule has 0 spiro atoms. The van der Waals surface area contributed by atoms with E-state index in [1.54, 1.807) is 18.2 Å². The molecule has 0 bridgehead atoms. The smallest absolute Gasteiger partial charge is 0.276 e. The van der Waals surface area contributed by atoms with E-state index >= 15 is 0 Å². The molecule has 2 aromatic carbocycles. The molecular formula is C21H18Cl2N4O3. The Morgan fingerprint density at radius 1 is 0.900 bits per heavy atom. The van der Waals surface area contributed by atoms with Crippen LogP contribution in [-0.4, -0.2) is 21.6 Å². The summed E-state index contributed by atoms with van der Waals surface area (Å²) in [6.07, 6.45) is 0. The lowest BCUT2D eigenvalue weighted by Crippen LogP contribution is -2.31. The molecule has 1 heterocycles. The Morgan fingerprint density at radius 2 is 1.60 bits per heavy atom. The molecular weight excluding hydrogens is 427 g/mol. The second-order valence-corrected chi connectivity index (χ2v) is 7.46. The largest absolute Gasteiger partial charge is 0.324 e. The molecule has 30 heavy (non-hydrogen) atoms. The molecule has 0 radical (unpaired) electrons. The number of carbonyl (C=O) groups is 2. The van der Waals surface area contributed by atoms with E-state index in [9.17, 15) is 14.4 Å². The van der Waals surface area contributed by atoms with Crippen molar-refractivity contribution in [3.05, 3.63) is 85.8 Å². The van der Waals surface area contributed by atoms with Crippen LogP contribution in [0.4, 0.5) is 11.4 Å². The van der Waals surface area contributed by atoms with Gasteiger partial charge in [0.1, 0.15) is 12.2 Å². The highest BCUT2D eigenvalue weighted by Gasteiger charge is 2.13. The molecule has 2 N–H and O–H groups in total. The van der Waals surface area contributed by atoms with Crippen LogP contribution >= 0.6 is 23.2 Å². The number of hydrogen-bond donors (Lipinski definition) is 2. The molecule has 7 nitrogen and oxygen atoms in total. The van der Waals surface area contributed by atoms with Crippen molar-refractivity contribution in [2.75, 3.05) is 10.6 Å². The van der Waals surface area contributed by atoms with Crippen LogP contribution in [-0.2, 0) is 11.3 Å². The van der Waals surface area contributed by atoms with Crippen molar-refractivity contribution in [3.63, 3.8) is 0 Å². The van der Waals surface area contributed by atoms with Crippen molar-refractivity contribution >= 4 is 46.4 Å². The Morgan fingerprint density at radius 3 is 2.30 bits per heavy atom. The minimum atomic E-state index is -0.512. The first-order valence-corrected chi connectivity index (χ1v) is 9.70. The molecule has 0 fully saturated rings. The molecule has 3 aromatic rings. The average molecular weight is 445 g/mol. The van der Waals surface area contributed by atoms with Gasteiger partial charge in [0.05, 0.1) is 10.0 Å². The third kappa shape index (κ3) is 5.25. The third-order valence-corrected chi connectivity index (χ3v) is 5.10. The minimum Gasteiger partial charge on any atom is -0.324 e. The number of nitrogens with zero attached hydrogens (tertiary/aromatic N) is 2. The molecule has 0 aliphatic heterocycles. The van der Waals surface area contributed by atoms with Crippen LogP contribution in [0.5, 0.6) is 0 Å². The monoisotopic (exact) mass is 444 g/mol. The first-order valence-electron chi connectivity index (χ1n) is 8.94. The van der Waals surface area contributed by atoms with Crippen LogP contribution in [0, 0.1) is 13.8 Å². The van der Waals surface area contributed by atoms with Crippen LogP contribution in [0.3, 0.4) is 0 Å². The summed E-state index contributed by atoms with van der Waals surface area (Å²) < 4.78 is 0.919. The Balaban J connectivity index is 1.73. The van der Waals surface area contributed by atoms with Gasteiger partial charge in [-0.25, -0.2) is 4.68 Å². The molecule has 9 heteroatoms. The van der Waals surface area contributed by atoms with Gasteiger partial charge in [-0.05, 0) is 61.4 Å². The number of nitrogens with one attached hydrogen (secondary N) is 2. The quantitative estimate of drug-likeness (QED) is 0.620. The maximum Gasteiger partial charge on any atom is 0.276 e. The van der Waals surface area contributed by atoms with Crippen molar-refractivity contribution in [2.24, 2.45) is 0 Å². The summed E-state index contributed by atoms with van der Waals surface area (Å²) in [6.45, 7) is 3.54. The minimum absolute atomic E-state index is 0.00941. The number of benzene rings is 2. The van der Waals surface area contributed by atoms with E-state index in [-0.39, 0.29) is 17.3 Å². The van der Waals surface area contributed by atoms with E-state index in [2.05, 4.69) is 15.7 Å². The summed E-state index contributed by atoms with van der Waals surface area (Å²) >= 11 is 11.8. The highest BCUT2D eigenvalue weighted by molar-refractivity contribution is 6.42. The summed E-state index contributed by atoms with van der Waals surface area (Å²) in [6, 6.07) is 12.6. The highest BCUT2D eigenvalue weighted by Crippen LogP contribution is 2.25. The average Bonchev–Trinajstić information content (AvgIpc) is 2.69. The molecule has 3 rings (SSSR count). The lowest BCUT2D eigenvalue weighted by Gasteiger charge is -2.10. The van der Waals surface area contributed by atoms with Gasteiger partial charge in [-0.1, -0.05) is 29.3 Å². The number of hydrogen-bond acceptors (Lipinski definition) is 4. The topological polar surface area (TPSA) is 93.1 Å². The van der Waals surface area contributed by atoms with Crippen LogP contribution in [0.2, 0.25) is 10.0 Å². The first-order chi connectivity index (χ1) is 14.2. The number of carbonyl (C=O) groups excluding carboxylic acids is 2. The van der Waals surface area contributed by atoms with Crippen molar-refractivity contribution in [3.8, 4) is 0 Å². The van der Waals surface area contributed by atoms with Crippen molar-refractivity contribution in [1.29, 1.82) is 0 Å². The van der Waals surface area contributed by atoms with E-state index in [4.69, 9.17) is 23.2 Å². The van der Waals surface area contributed by atoms with Gasteiger partial charge in [0, 0.05) is 17.4 Å². The SMILES string of the molecule is Cc1ccc(NC(=O)c2ccc(=O)n(CC(=O)Nc3ccc(Cl)c(Cl)c3)n2)cc1C. The van der Waals surface area contributed by atoms with E-state index < -0.39 is 17.4 Å². The third-order valence-electron chi connectivity index (χ3n) is 4.36. The standard InChI is InChI=1S/C21H18Cl2N4O3/c1-12-3-4-14(9-13(12)2)25-21(30)18-7-8-20(29)27(26-18)11-19(28)24-15-5-6-16(22)17(23)10-15/h3-10H,11H2,1-2H3,(H,24,28)(H,25,30). The zero-order chi connectivity index (χ0) is 21.8. The van der Waals surface area contributed by atoms with Crippen LogP contribution < -0.4 is 16.2 Å². The summed E-state index contributed by atoms with van der Waals surface area (Å²) in [5.41, 5.74) is 2.67. The Labute approximate surface area is 182 Å². The van der Waals surface area contributed by atoms with Gasteiger partial charge in [0.15, 0.2) is 0 Å². The van der Waals surface area contributed by atoms with E-state index in [1.807, 2.05) is 26.0 Å². The van der Waals surface area contributed by atoms with Gasteiger partial charge < -0.3 is 10.6 Å². The van der Waals surface area contributed by atoms with Crippen LogP contribution in [0.25, 0.3) is 0 Å². The molecule has 0 saturated heterocycles. The molecule has 0 aliphatic rings. The number of aromatic nitrogens is 2. The number of rotatable bonds is 5. The van der Waals surface area contributed by atoms with Crippen LogP contribution in [0.1, 0.15) is 21.6 Å². The number of amides is 2. The van der Waals surface area contributed by atoms with E-state index in [0.29, 0.717) is 16.4 Å². The maximum absolute atomic E-state index is 12.5.